The van der Waals surface area contributed by atoms with Crippen molar-refractivity contribution in [3.05, 3.63) is 34.7 Å². The third kappa shape index (κ3) is 3.82. The third-order valence-electron chi connectivity index (χ3n) is 5.15. The number of pyridine rings is 1. The summed E-state index contributed by atoms with van der Waals surface area (Å²) in [6.07, 6.45) is 4.35. The van der Waals surface area contributed by atoms with E-state index in [-0.39, 0.29) is 5.91 Å². The van der Waals surface area contributed by atoms with Gasteiger partial charge in [-0.2, -0.15) is 0 Å². The van der Waals surface area contributed by atoms with E-state index in [1.54, 1.807) is 19.0 Å². The average Bonchev–Trinajstić information content (AvgIpc) is 2.92. The van der Waals surface area contributed by atoms with Crippen LogP contribution >= 0.6 is 11.6 Å². The maximum Gasteiger partial charge on any atom is 0.273 e. The van der Waals surface area contributed by atoms with Crippen molar-refractivity contribution in [1.82, 2.24) is 19.2 Å². The highest BCUT2D eigenvalue weighted by Crippen LogP contribution is 2.26. The molecule has 1 fully saturated rings. The molecule has 5 nitrogen and oxygen atoms in total. The highest BCUT2D eigenvalue weighted by Gasteiger charge is 2.26. The second-order valence-electron chi connectivity index (χ2n) is 7.56. The summed E-state index contributed by atoms with van der Waals surface area (Å²) >= 11 is 6.19. The van der Waals surface area contributed by atoms with Gasteiger partial charge in [-0.05, 0) is 43.4 Å². The second-order valence-corrected chi connectivity index (χ2v) is 8.00. The molecule has 3 rings (SSSR count). The van der Waals surface area contributed by atoms with Crippen LogP contribution < -0.4 is 0 Å². The molecule has 1 atom stereocenters. The van der Waals surface area contributed by atoms with Crippen molar-refractivity contribution in [2.75, 3.05) is 27.2 Å². The van der Waals surface area contributed by atoms with Gasteiger partial charge in [0.1, 0.15) is 5.65 Å². The van der Waals surface area contributed by atoms with E-state index in [2.05, 4.69) is 23.7 Å². The number of carbonyl (C=O) groups excluding carboxylic acids is 1. The van der Waals surface area contributed by atoms with Crippen LogP contribution in [0.5, 0.6) is 0 Å². The Kier molecular flexibility index (Phi) is 5.35. The van der Waals surface area contributed by atoms with Gasteiger partial charge in [0.2, 0.25) is 0 Å². The van der Waals surface area contributed by atoms with E-state index in [9.17, 15) is 4.79 Å². The molecule has 25 heavy (non-hydrogen) atoms. The molecule has 0 radical (unpaired) electrons. The summed E-state index contributed by atoms with van der Waals surface area (Å²) in [6, 6.07) is 3.68. The minimum atomic E-state index is -0.0627. The van der Waals surface area contributed by atoms with E-state index < -0.39 is 0 Å². The quantitative estimate of drug-likeness (QED) is 0.835. The molecule has 2 aromatic rings. The first-order valence-corrected chi connectivity index (χ1v) is 9.35. The van der Waals surface area contributed by atoms with Crippen LogP contribution in [0.4, 0.5) is 0 Å². The number of hydrogen-bond acceptors (Lipinski definition) is 3. The van der Waals surface area contributed by atoms with E-state index >= 15 is 0 Å². The SMILES string of the molecule is CC(C)[C@@H]1CCCN(Cc2c(C(=O)N(C)C)nc3ccc(Cl)cn23)C1. The van der Waals surface area contributed by atoms with Crippen molar-refractivity contribution < 1.29 is 4.79 Å². The lowest BCUT2D eigenvalue weighted by molar-refractivity contribution is 0.0818. The van der Waals surface area contributed by atoms with Gasteiger partial charge in [-0.3, -0.25) is 9.69 Å². The molecule has 1 aliphatic rings. The topological polar surface area (TPSA) is 40.9 Å². The Bertz CT molecular complexity index is 768. The van der Waals surface area contributed by atoms with Crippen molar-refractivity contribution in [3.63, 3.8) is 0 Å². The molecule has 0 aromatic carbocycles. The summed E-state index contributed by atoms with van der Waals surface area (Å²) in [4.78, 5) is 21.2. The summed E-state index contributed by atoms with van der Waals surface area (Å²) < 4.78 is 1.97. The number of likely N-dealkylation sites (tertiary alicyclic amines) is 1. The van der Waals surface area contributed by atoms with E-state index in [0.29, 0.717) is 22.6 Å². The number of rotatable bonds is 4. The monoisotopic (exact) mass is 362 g/mol. The molecule has 136 valence electrons. The van der Waals surface area contributed by atoms with Crippen molar-refractivity contribution >= 4 is 23.2 Å². The molecular weight excluding hydrogens is 336 g/mol. The number of piperidine rings is 1. The van der Waals surface area contributed by atoms with Crippen LogP contribution in [-0.2, 0) is 6.54 Å². The van der Waals surface area contributed by atoms with Crippen molar-refractivity contribution in [1.29, 1.82) is 0 Å². The summed E-state index contributed by atoms with van der Waals surface area (Å²) in [5.74, 6) is 1.33. The number of carbonyl (C=O) groups is 1. The molecule has 0 bridgehead atoms. The fraction of sp³-hybridized carbons (Fsp3) is 0.579. The van der Waals surface area contributed by atoms with Gasteiger partial charge < -0.3 is 9.30 Å². The van der Waals surface area contributed by atoms with Gasteiger partial charge in [-0.15, -0.1) is 0 Å². The van der Waals surface area contributed by atoms with E-state index in [4.69, 9.17) is 11.6 Å². The van der Waals surface area contributed by atoms with Gasteiger partial charge in [-0.25, -0.2) is 4.98 Å². The van der Waals surface area contributed by atoms with Crippen LogP contribution in [0.15, 0.2) is 18.3 Å². The Labute approximate surface area is 154 Å². The van der Waals surface area contributed by atoms with E-state index in [1.807, 2.05) is 22.7 Å². The molecular formula is C19H27ClN4O. The summed E-state index contributed by atoms with van der Waals surface area (Å²) in [7, 11) is 3.53. The molecule has 0 unspecified atom stereocenters. The Morgan fingerprint density at radius 1 is 1.40 bits per heavy atom. The zero-order chi connectivity index (χ0) is 18.1. The molecule has 3 heterocycles. The van der Waals surface area contributed by atoms with Gasteiger partial charge >= 0.3 is 0 Å². The maximum absolute atomic E-state index is 12.6. The maximum atomic E-state index is 12.6. The minimum Gasteiger partial charge on any atom is -0.343 e. The standard InChI is InChI=1S/C19H27ClN4O/c1-13(2)14-6-5-9-23(10-14)12-16-18(19(25)22(3)4)21-17-8-7-15(20)11-24(16)17/h7-8,11,13-14H,5-6,9-10,12H2,1-4H3/t14-/m1/s1. The van der Waals surface area contributed by atoms with Crippen molar-refractivity contribution in [3.8, 4) is 0 Å². The number of nitrogens with zero attached hydrogens (tertiary/aromatic N) is 4. The Balaban J connectivity index is 1.97. The largest absolute Gasteiger partial charge is 0.343 e. The molecule has 6 heteroatoms. The predicted octanol–water partition coefficient (Wildman–Crippen LogP) is 3.56. The van der Waals surface area contributed by atoms with Crippen LogP contribution in [0.3, 0.4) is 0 Å². The highest BCUT2D eigenvalue weighted by atomic mass is 35.5. The normalized spacial score (nSPS) is 18.9. The Morgan fingerprint density at radius 2 is 2.16 bits per heavy atom. The molecule has 1 amide bonds. The number of aromatic nitrogens is 2. The van der Waals surface area contributed by atoms with Crippen LogP contribution in [0.25, 0.3) is 5.65 Å². The second kappa shape index (κ2) is 7.34. The minimum absolute atomic E-state index is 0.0627. The lowest BCUT2D eigenvalue weighted by atomic mass is 9.88. The van der Waals surface area contributed by atoms with Crippen LogP contribution in [0, 0.1) is 11.8 Å². The van der Waals surface area contributed by atoms with Gasteiger partial charge in [0.15, 0.2) is 5.69 Å². The predicted molar refractivity (Wildman–Crippen MR) is 101 cm³/mol. The fourth-order valence-corrected chi connectivity index (χ4v) is 3.75. The lowest BCUT2D eigenvalue weighted by Crippen LogP contribution is -2.37. The third-order valence-corrected chi connectivity index (χ3v) is 5.37. The van der Waals surface area contributed by atoms with E-state index in [1.165, 1.54) is 12.8 Å². The lowest BCUT2D eigenvalue weighted by Gasteiger charge is -2.34. The first-order valence-electron chi connectivity index (χ1n) is 8.97. The van der Waals surface area contributed by atoms with Gasteiger partial charge in [0.05, 0.1) is 10.7 Å². The summed E-state index contributed by atoms with van der Waals surface area (Å²) in [6.45, 7) is 7.44. The molecule has 2 aromatic heterocycles. The van der Waals surface area contributed by atoms with Crippen LogP contribution in [0.2, 0.25) is 5.02 Å². The molecule has 1 aliphatic heterocycles. The Hall–Kier alpha value is -1.59. The highest BCUT2D eigenvalue weighted by molar-refractivity contribution is 6.30. The van der Waals surface area contributed by atoms with E-state index in [0.717, 1.165) is 31.0 Å². The van der Waals surface area contributed by atoms with Crippen molar-refractivity contribution in [2.24, 2.45) is 11.8 Å². The van der Waals surface area contributed by atoms with Crippen LogP contribution in [-0.4, -0.2) is 52.3 Å². The molecule has 0 spiro atoms. The number of hydrogen-bond donors (Lipinski definition) is 0. The summed E-state index contributed by atoms with van der Waals surface area (Å²) in [5.41, 5.74) is 2.22. The molecule has 1 saturated heterocycles. The number of halogens is 1. The fourth-order valence-electron chi connectivity index (χ4n) is 3.59. The average molecular weight is 363 g/mol. The van der Waals surface area contributed by atoms with Gasteiger partial charge in [-0.1, -0.05) is 25.4 Å². The van der Waals surface area contributed by atoms with Crippen molar-refractivity contribution in [2.45, 2.75) is 33.2 Å². The zero-order valence-corrected chi connectivity index (χ0v) is 16.3. The van der Waals surface area contributed by atoms with Gasteiger partial charge in [0.25, 0.3) is 5.91 Å². The first kappa shape index (κ1) is 18.2. The number of fused-ring (bicyclic) bond motifs is 1. The molecule has 0 saturated carbocycles. The smallest absolute Gasteiger partial charge is 0.273 e. The zero-order valence-electron chi connectivity index (χ0n) is 15.5. The van der Waals surface area contributed by atoms with Gasteiger partial charge in [0, 0.05) is 33.4 Å². The number of amides is 1. The molecule has 0 aliphatic carbocycles. The van der Waals surface area contributed by atoms with Crippen LogP contribution in [0.1, 0.15) is 42.9 Å². The Morgan fingerprint density at radius 3 is 2.84 bits per heavy atom. The first-order chi connectivity index (χ1) is 11.9. The summed E-state index contributed by atoms with van der Waals surface area (Å²) in [5, 5.41) is 0.647. The molecule has 0 N–H and O–H groups in total. The number of imidazole rings is 1.